The van der Waals surface area contributed by atoms with Crippen LogP contribution in [-0.2, 0) is 20.4 Å². The van der Waals surface area contributed by atoms with E-state index in [4.69, 9.17) is 10.3 Å². The second kappa shape index (κ2) is 9.02. The number of amides is 1. The third kappa shape index (κ3) is 5.84. The third-order valence-corrected chi connectivity index (χ3v) is 6.44. The molecule has 29 heavy (non-hydrogen) atoms. The Morgan fingerprint density at radius 3 is 2.66 bits per heavy atom. The molecule has 9 nitrogen and oxygen atoms in total. The smallest absolute Gasteiger partial charge is 0.257 e. The molecule has 1 heterocycles. The first kappa shape index (κ1) is 21.4. The van der Waals surface area contributed by atoms with Gasteiger partial charge in [-0.25, -0.2) is 8.42 Å². The van der Waals surface area contributed by atoms with Crippen LogP contribution < -0.4 is 11.1 Å². The summed E-state index contributed by atoms with van der Waals surface area (Å²) in [6.07, 6.45) is 1.17. The summed E-state index contributed by atoms with van der Waals surface area (Å²) in [6, 6.07) is 6.71. The van der Waals surface area contributed by atoms with E-state index >= 15 is 0 Å². The lowest BCUT2D eigenvalue weighted by molar-refractivity contribution is -0.123. The van der Waals surface area contributed by atoms with Crippen LogP contribution in [0.4, 0.5) is 0 Å². The number of carbonyl (C=O) groups excluding carboxylic acids is 1. The Balaban J connectivity index is 1.57. The molecule has 158 valence electrons. The maximum absolute atomic E-state index is 12.4. The van der Waals surface area contributed by atoms with Crippen molar-refractivity contribution in [1.82, 2.24) is 15.5 Å². The quantitative estimate of drug-likeness (QED) is 0.509. The summed E-state index contributed by atoms with van der Waals surface area (Å²) in [5, 5.41) is 16.9. The van der Waals surface area contributed by atoms with E-state index in [1.54, 1.807) is 37.3 Å². The van der Waals surface area contributed by atoms with Gasteiger partial charge < -0.3 is 20.7 Å². The number of sulfone groups is 1. The number of nitrogens with two attached hydrogens (primary N) is 1. The molecule has 1 amide bonds. The van der Waals surface area contributed by atoms with E-state index in [9.17, 15) is 18.3 Å². The first-order chi connectivity index (χ1) is 13.8. The zero-order valence-electron chi connectivity index (χ0n) is 16.2. The Bertz CT molecular complexity index is 927. The largest absolute Gasteiger partial charge is 0.381 e. The first-order valence-electron chi connectivity index (χ1n) is 9.61. The molecule has 4 N–H and O–H groups in total. The molecule has 2 unspecified atom stereocenters. The lowest BCUT2D eigenvalue weighted by Crippen LogP contribution is -2.50. The Labute approximate surface area is 169 Å². The molecule has 1 aliphatic rings. The monoisotopic (exact) mass is 422 g/mol. The van der Waals surface area contributed by atoms with Crippen LogP contribution in [0.2, 0.25) is 0 Å². The summed E-state index contributed by atoms with van der Waals surface area (Å²) >= 11 is 0. The van der Waals surface area contributed by atoms with Gasteiger partial charge in [0.25, 0.3) is 5.89 Å². The second-order valence-corrected chi connectivity index (χ2v) is 9.49. The maximum atomic E-state index is 12.4. The summed E-state index contributed by atoms with van der Waals surface area (Å²) < 4.78 is 29.8. The number of hydrogen-bond donors (Lipinski definition) is 3. The lowest BCUT2D eigenvalue weighted by atomic mass is 10.1. The van der Waals surface area contributed by atoms with Crippen molar-refractivity contribution in [3.8, 4) is 0 Å². The van der Waals surface area contributed by atoms with Crippen molar-refractivity contribution in [2.75, 3.05) is 5.75 Å². The molecular weight excluding hydrogens is 396 g/mol. The average molecular weight is 423 g/mol. The Morgan fingerprint density at radius 2 is 2.03 bits per heavy atom. The minimum atomic E-state index is -3.58. The standard InChI is InChI=1S/C19H26N4O5S/c1-2-15(16(24)19-22-17(23-28-19)13-8-9-13)21-18(25)14(20)11-29(26,27)10-12-6-4-3-5-7-12/h3-7,13-16,24H,2,8-11,20H2,1H3,(H,21,25)/t14?,15-,16?/m0/s1. The minimum Gasteiger partial charge on any atom is -0.381 e. The van der Waals surface area contributed by atoms with E-state index < -0.39 is 39.7 Å². The molecule has 0 bridgehead atoms. The predicted molar refractivity (Wildman–Crippen MR) is 105 cm³/mol. The summed E-state index contributed by atoms with van der Waals surface area (Å²) in [5.41, 5.74) is 6.46. The van der Waals surface area contributed by atoms with Gasteiger partial charge in [-0.15, -0.1) is 0 Å². The van der Waals surface area contributed by atoms with E-state index in [1.807, 2.05) is 0 Å². The summed E-state index contributed by atoms with van der Waals surface area (Å²) in [7, 11) is -3.58. The van der Waals surface area contributed by atoms with Crippen LogP contribution in [0.5, 0.6) is 0 Å². The van der Waals surface area contributed by atoms with Gasteiger partial charge >= 0.3 is 0 Å². The zero-order valence-corrected chi connectivity index (χ0v) is 17.0. The van der Waals surface area contributed by atoms with Crippen molar-refractivity contribution in [2.24, 2.45) is 5.73 Å². The number of rotatable bonds is 10. The predicted octanol–water partition coefficient (Wildman–Crippen LogP) is 0.818. The average Bonchev–Trinajstić information content (AvgIpc) is 3.42. The van der Waals surface area contributed by atoms with Crippen LogP contribution >= 0.6 is 0 Å². The van der Waals surface area contributed by atoms with Gasteiger partial charge in [0.1, 0.15) is 0 Å². The van der Waals surface area contributed by atoms with Crippen molar-refractivity contribution in [1.29, 1.82) is 0 Å². The zero-order chi connectivity index (χ0) is 21.0. The van der Waals surface area contributed by atoms with E-state index in [-0.39, 0.29) is 17.6 Å². The molecule has 3 atom stereocenters. The fourth-order valence-electron chi connectivity index (χ4n) is 2.98. The molecular formula is C19H26N4O5S. The molecule has 1 fully saturated rings. The first-order valence-corrected chi connectivity index (χ1v) is 11.4. The SMILES string of the molecule is CC[C@H](NC(=O)C(N)CS(=O)(=O)Cc1ccccc1)C(O)c1nc(C2CC2)no1. The number of aliphatic hydroxyl groups excluding tert-OH is 1. The van der Waals surface area contributed by atoms with Crippen molar-refractivity contribution < 1.29 is 22.8 Å². The van der Waals surface area contributed by atoms with Crippen molar-refractivity contribution >= 4 is 15.7 Å². The highest BCUT2D eigenvalue weighted by atomic mass is 32.2. The van der Waals surface area contributed by atoms with E-state index in [0.29, 0.717) is 17.8 Å². The van der Waals surface area contributed by atoms with Crippen LogP contribution in [0.1, 0.15) is 55.5 Å². The van der Waals surface area contributed by atoms with Gasteiger partial charge in [-0.3, -0.25) is 4.79 Å². The fraction of sp³-hybridized carbons (Fsp3) is 0.526. The molecule has 1 aromatic heterocycles. The molecule has 10 heteroatoms. The molecule has 0 aliphatic heterocycles. The van der Waals surface area contributed by atoms with Crippen molar-refractivity contribution in [3.05, 3.63) is 47.6 Å². The van der Waals surface area contributed by atoms with E-state index in [1.165, 1.54) is 0 Å². The van der Waals surface area contributed by atoms with Gasteiger partial charge in [0, 0.05) is 5.92 Å². The third-order valence-electron chi connectivity index (χ3n) is 4.80. The molecule has 0 radical (unpaired) electrons. The van der Waals surface area contributed by atoms with Gasteiger partial charge in [-0.1, -0.05) is 42.4 Å². The molecule has 3 rings (SSSR count). The lowest BCUT2D eigenvalue weighted by Gasteiger charge is -2.22. The topological polar surface area (TPSA) is 148 Å². The number of nitrogens with zero attached hydrogens (tertiary/aromatic N) is 2. The highest BCUT2D eigenvalue weighted by molar-refractivity contribution is 7.90. The molecule has 2 aromatic rings. The second-order valence-electron chi connectivity index (χ2n) is 7.38. The van der Waals surface area contributed by atoms with Crippen molar-refractivity contribution in [3.63, 3.8) is 0 Å². The van der Waals surface area contributed by atoms with Crippen LogP contribution in [0.15, 0.2) is 34.9 Å². The highest BCUT2D eigenvalue weighted by Crippen LogP contribution is 2.38. The van der Waals surface area contributed by atoms with Crippen LogP contribution in [0.25, 0.3) is 0 Å². The Morgan fingerprint density at radius 1 is 1.34 bits per heavy atom. The van der Waals surface area contributed by atoms with E-state index in [2.05, 4.69) is 15.5 Å². The molecule has 1 aliphatic carbocycles. The Kier molecular flexibility index (Phi) is 6.66. The highest BCUT2D eigenvalue weighted by Gasteiger charge is 2.33. The number of benzene rings is 1. The summed E-state index contributed by atoms with van der Waals surface area (Å²) in [5.74, 6) is -0.479. The fourth-order valence-corrected chi connectivity index (χ4v) is 4.49. The van der Waals surface area contributed by atoms with Crippen LogP contribution in [0.3, 0.4) is 0 Å². The number of carbonyl (C=O) groups is 1. The van der Waals surface area contributed by atoms with Gasteiger partial charge in [0.2, 0.25) is 5.91 Å². The van der Waals surface area contributed by atoms with Crippen molar-refractivity contribution in [2.45, 2.75) is 56.0 Å². The number of hydrogen-bond acceptors (Lipinski definition) is 8. The van der Waals surface area contributed by atoms with Crippen LogP contribution in [-0.4, -0.2) is 47.4 Å². The Hall–Kier alpha value is -2.30. The van der Waals surface area contributed by atoms with Gasteiger partial charge in [-0.2, -0.15) is 4.98 Å². The maximum Gasteiger partial charge on any atom is 0.257 e. The summed E-state index contributed by atoms with van der Waals surface area (Å²) in [4.78, 5) is 16.6. The number of nitrogens with one attached hydrogen (secondary N) is 1. The van der Waals surface area contributed by atoms with Crippen LogP contribution in [0, 0.1) is 0 Å². The summed E-state index contributed by atoms with van der Waals surface area (Å²) in [6.45, 7) is 1.77. The van der Waals surface area contributed by atoms with Gasteiger partial charge in [0.05, 0.1) is 23.6 Å². The number of aromatic nitrogens is 2. The minimum absolute atomic E-state index is 0.0318. The normalized spacial score (nSPS) is 17.5. The van der Waals surface area contributed by atoms with Gasteiger partial charge in [-0.05, 0) is 24.8 Å². The molecule has 0 saturated heterocycles. The number of aliphatic hydroxyl groups is 1. The molecule has 1 aromatic carbocycles. The van der Waals surface area contributed by atoms with E-state index in [0.717, 1.165) is 12.8 Å². The molecule has 1 saturated carbocycles. The molecule has 0 spiro atoms. The van der Waals surface area contributed by atoms with Gasteiger partial charge in [0.15, 0.2) is 21.8 Å².